The molecule has 0 aromatic heterocycles. The Balaban J connectivity index is 1.41. The van der Waals surface area contributed by atoms with E-state index in [0.29, 0.717) is 25.7 Å². The molecule has 1 heterocycles. The fourth-order valence-electron chi connectivity index (χ4n) is 5.98. The van der Waals surface area contributed by atoms with Gasteiger partial charge in [-0.25, -0.2) is 4.79 Å². The van der Waals surface area contributed by atoms with Gasteiger partial charge in [-0.1, -0.05) is 48.5 Å². The molecule has 34 heavy (non-hydrogen) atoms. The van der Waals surface area contributed by atoms with Gasteiger partial charge in [-0.3, -0.25) is 0 Å². The van der Waals surface area contributed by atoms with Gasteiger partial charge in [-0.05, 0) is 68.7 Å². The van der Waals surface area contributed by atoms with Gasteiger partial charge in [-0.2, -0.15) is 0 Å². The molecule has 2 aromatic carbocycles. The summed E-state index contributed by atoms with van der Waals surface area (Å²) in [5.74, 6) is 0.132. The Hall–Kier alpha value is -2.37. The van der Waals surface area contributed by atoms with Crippen molar-refractivity contribution in [2.75, 3.05) is 19.8 Å². The summed E-state index contributed by atoms with van der Waals surface area (Å²) in [6.07, 6.45) is 3.52. The molecule has 1 amide bonds. The first-order valence-corrected chi connectivity index (χ1v) is 12.7. The molecule has 5 rings (SSSR count). The highest BCUT2D eigenvalue weighted by Gasteiger charge is 2.43. The molecule has 0 bridgehead atoms. The molecule has 0 N–H and O–H groups in total. The van der Waals surface area contributed by atoms with Gasteiger partial charge in [0, 0.05) is 31.3 Å². The Morgan fingerprint density at radius 2 is 1.53 bits per heavy atom. The van der Waals surface area contributed by atoms with Gasteiger partial charge in [-0.15, -0.1) is 0 Å². The van der Waals surface area contributed by atoms with Gasteiger partial charge in [0.25, 0.3) is 0 Å². The first-order valence-electron chi connectivity index (χ1n) is 12.7. The third kappa shape index (κ3) is 4.48. The molecular weight excluding hydrogens is 426 g/mol. The van der Waals surface area contributed by atoms with Crippen molar-refractivity contribution in [3.8, 4) is 11.1 Å². The number of carbonyl (C=O) groups excluding carboxylic acids is 1. The number of carbonyl (C=O) groups is 1. The van der Waals surface area contributed by atoms with Crippen molar-refractivity contribution >= 4 is 6.09 Å². The number of benzene rings is 2. The number of nitrogens with zero attached hydrogens (tertiary/aromatic N) is 1. The lowest BCUT2D eigenvalue weighted by atomic mass is 9.80. The summed E-state index contributed by atoms with van der Waals surface area (Å²) < 4.78 is 17.8. The van der Waals surface area contributed by atoms with Gasteiger partial charge in [0.05, 0.1) is 13.2 Å². The molecular formula is C29H37NO4. The largest absolute Gasteiger partial charge is 0.444 e. The number of fused-ring (bicyclic) bond motifs is 3. The monoisotopic (exact) mass is 463 g/mol. The lowest BCUT2D eigenvalue weighted by Gasteiger charge is -2.42. The van der Waals surface area contributed by atoms with E-state index in [1.807, 2.05) is 25.7 Å². The number of hydrogen-bond acceptors (Lipinski definition) is 4. The second kappa shape index (κ2) is 9.01. The topological polar surface area (TPSA) is 48.0 Å². The minimum atomic E-state index is -0.539. The first kappa shape index (κ1) is 23.4. The average molecular weight is 464 g/mol. The lowest BCUT2D eigenvalue weighted by Crippen LogP contribution is -2.49. The van der Waals surface area contributed by atoms with Gasteiger partial charge in [0.15, 0.2) is 5.79 Å². The fourth-order valence-corrected chi connectivity index (χ4v) is 5.98. The molecule has 1 saturated carbocycles. The van der Waals surface area contributed by atoms with Crippen LogP contribution in [0.4, 0.5) is 4.79 Å². The van der Waals surface area contributed by atoms with Crippen LogP contribution in [0.5, 0.6) is 0 Å². The Morgan fingerprint density at radius 1 is 1.00 bits per heavy atom. The molecule has 1 saturated heterocycles. The molecule has 1 spiro atoms. The zero-order valence-electron chi connectivity index (χ0n) is 20.9. The first-order chi connectivity index (χ1) is 16.3. The van der Waals surface area contributed by atoms with E-state index >= 15 is 0 Å². The number of ether oxygens (including phenoxy) is 3. The smallest absolute Gasteiger partial charge is 0.410 e. The summed E-state index contributed by atoms with van der Waals surface area (Å²) in [7, 11) is 0. The highest BCUT2D eigenvalue weighted by molar-refractivity contribution is 5.79. The van der Waals surface area contributed by atoms with Crippen molar-refractivity contribution < 1.29 is 19.0 Å². The van der Waals surface area contributed by atoms with E-state index in [-0.39, 0.29) is 18.1 Å². The summed E-state index contributed by atoms with van der Waals surface area (Å²) in [6, 6.07) is 17.2. The maximum Gasteiger partial charge on any atom is 0.410 e. The molecule has 1 aliphatic heterocycles. The van der Waals surface area contributed by atoms with Crippen molar-refractivity contribution in [2.45, 2.75) is 76.7 Å². The van der Waals surface area contributed by atoms with Crippen LogP contribution in [-0.2, 0) is 14.2 Å². The summed E-state index contributed by atoms with van der Waals surface area (Å²) in [5.41, 5.74) is 4.59. The van der Waals surface area contributed by atoms with Gasteiger partial charge in [0.2, 0.25) is 0 Å². The predicted octanol–water partition coefficient (Wildman–Crippen LogP) is 6.36. The Kier molecular flexibility index (Phi) is 6.19. The van der Waals surface area contributed by atoms with Gasteiger partial charge < -0.3 is 19.1 Å². The van der Waals surface area contributed by atoms with Crippen molar-refractivity contribution in [1.29, 1.82) is 0 Å². The molecule has 5 nitrogen and oxygen atoms in total. The van der Waals surface area contributed by atoms with Crippen LogP contribution in [0.1, 0.15) is 70.4 Å². The van der Waals surface area contributed by atoms with Crippen molar-refractivity contribution in [3.05, 3.63) is 59.7 Å². The molecule has 182 valence electrons. The van der Waals surface area contributed by atoms with Crippen molar-refractivity contribution in [2.24, 2.45) is 5.92 Å². The minimum absolute atomic E-state index is 0.0635. The highest BCUT2D eigenvalue weighted by Crippen LogP contribution is 2.46. The van der Waals surface area contributed by atoms with E-state index in [2.05, 4.69) is 55.5 Å². The molecule has 2 fully saturated rings. The van der Waals surface area contributed by atoms with Crippen LogP contribution in [0.25, 0.3) is 11.1 Å². The molecule has 5 heteroatoms. The summed E-state index contributed by atoms with van der Waals surface area (Å²) in [5, 5.41) is 0. The second-order valence-electron chi connectivity index (χ2n) is 11.0. The number of amides is 1. The predicted molar refractivity (Wildman–Crippen MR) is 133 cm³/mol. The second-order valence-corrected chi connectivity index (χ2v) is 11.0. The highest BCUT2D eigenvalue weighted by atomic mass is 16.7. The summed E-state index contributed by atoms with van der Waals surface area (Å²) in [6.45, 7) is 9.98. The normalized spacial score (nSPS) is 20.7. The lowest BCUT2D eigenvalue weighted by molar-refractivity contribution is -0.184. The molecule has 2 aliphatic carbocycles. The number of rotatable bonds is 4. The molecule has 3 aliphatic rings. The van der Waals surface area contributed by atoms with E-state index in [4.69, 9.17) is 14.2 Å². The van der Waals surface area contributed by atoms with Crippen LogP contribution in [0.2, 0.25) is 0 Å². The minimum Gasteiger partial charge on any atom is -0.444 e. The zero-order valence-corrected chi connectivity index (χ0v) is 20.9. The van der Waals surface area contributed by atoms with Crippen LogP contribution in [-0.4, -0.2) is 48.2 Å². The van der Waals surface area contributed by atoms with E-state index in [9.17, 15) is 4.79 Å². The van der Waals surface area contributed by atoms with E-state index in [0.717, 1.165) is 25.7 Å². The van der Waals surface area contributed by atoms with Crippen LogP contribution in [0, 0.1) is 5.92 Å². The molecule has 2 aromatic rings. The number of hydrogen-bond donors (Lipinski definition) is 0. The fraction of sp³-hybridized carbons (Fsp3) is 0.552. The van der Waals surface area contributed by atoms with Crippen LogP contribution >= 0.6 is 0 Å². The Morgan fingerprint density at radius 3 is 2.06 bits per heavy atom. The van der Waals surface area contributed by atoms with E-state index in [1.54, 1.807) is 0 Å². The van der Waals surface area contributed by atoms with Crippen LogP contribution < -0.4 is 0 Å². The third-order valence-corrected chi connectivity index (χ3v) is 7.75. The van der Waals surface area contributed by atoms with Crippen LogP contribution in [0.15, 0.2) is 48.5 Å². The maximum atomic E-state index is 13.6. The van der Waals surface area contributed by atoms with E-state index < -0.39 is 11.4 Å². The standard InChI is InChI=1S/C29H37NO4/c1-20(21-13-15-29(16-14-21)32-17-18-33-29)30(27(31)34-28(2,3)4)19-26-24-11-7-5-9-22(24)23-10-6-8-12-25(23)26/h5-12,20-21,26H,13-19H2,1-4H3. The Bertz CT molecular complexity index is 981. The summed E-state index contributed by atoms with van der Waals surface area (Å²) >= 11 is 0. The van der Waals surface area contributed by atoms with Gasteiger partial charge in [0.1, 0.15) is 5.60 Å². The Labute approximate surface area is 203 Å². The summed E-state index contributed by atoms with van der Waals surface area (Å²) in [4.78, 5) is 15.6. The third-order valence-electron chi connectivity index (χ3n) is 7.75. The quantitative estimate of drug-likeness (QED) is 0.529. The van der Waals surface area contributed by atoms with E-state index in [1.165, 1.54) is 22.3 Å². The SMILES string of the molecule is CC(C1CCC2(CC1)OCCO2)N(CC1c2ccccc2-c2ccccc21)C(=O)OC(C)(C)C. The van der Waals surface area contributed by atoms with Crippen molar-refractivity contribution in [1.82, 2.24) is 4.90 Å². The molecule has 0 radical (unpaired) electrons. The maximum absolute atomic E-state index is 13.6. The van der Waals surface area contributed by atoms with Crippen LogP contribution in [0.3, 0.4) is 0 Å². The van der Waals surface area contributed by atoms with Crippen molar-refractivity contribution in [3.63, 3.8) is 0 Å². The molecule has 1 atom stereocenters. The van der Waals surface area contributed by atoms with Gasteiger partial charge >= 0.3 is 6.09 Å². The zero-order chi connectivity index (χ0) is 23.9. The average Bonchev–Trinajstić information content (AvgIpc) is 3.39. The molecule has 1 unspecified atom stereocenters.